The zero-order chi connectivity index (χ0) is 16.9. The van der Waals surface area contributed by atoms with E-state index < -0.39 is 5.97 Å². The van der Waals surface area contributed by atoms with Crippen molar-refractivity contribution >= 4 is 39.2 Å². The van der Waals surface area contributed by atoms with E-state index in [9.17, 15) is 9.90 Å². The molecule has 0 atom stereocenters. The summed E-state index contributed by atoms with van der Waals surface area (Å²) in [6.45, 7) is 2.48. The van der Waals surface area contributed by atoms with Crippen molar-refractivity contribution in [2.45, 2.75) is 13.3 Å². The van der Waals surface area contributed by atoms with Crippen molar-refractivity contribution in [2.24, 2.45) is 0 Å². The molecule has 1 heterocycles. The Labute approximate surface area is 144 Å². The van der Waals surface area contributed by atoms with Crippen LogP contribution in [0.5, 0.6) is 5.75 Å². The molecule has 0 unspecified atom stereocenters. The maximum atomic E-state index is 11.3. The molecule has 2 aromatic carbocycles. The quantitative estimate of drug-likeness (QED) is 0.706. The first-order valence-corrected chi connectivity index (χ1v) is 8.49. The van der Waals surface area contributed by atoms with Crippen molar-refractivity contribution in [3.05, 3.63) is 59.1 Å². The molecule has 0 aliphatic carbocycles. The lowest BCUT2D eigenvalue weighted by atomic mass is 10.1. The molecule has 24 heavy (non-hydrogen) atoms. The van der Waals surface area contributed by atoms with E-state index in [1.54, 1.807) is 0 Å². The van der Waals surface area contributed by atoms with Crippen molar-refractivity contribution in [2.75, 3.05) is 6.61 Å². The molecule has 0 aliphatic heterocycles. The number of hydrogen-bond donors (Lipinski definition) is 1. The van der Waals surface area contributed by atoms with Crippen LogP contribution in [0.2, 0.25) is 0 Å². The van der Waals surface area contributed by atoms with Crippen LogP contribution in [0.4, 0.5) is 0 Å². The van der Waals surface area contributed by atoms with Crippen LogP contribution in [0.25, 0.3) is 21.9 Å². The van der Waals surface area contributed by atoms with E-state index in [1.807, 2.05) is 61.5 Å². The lowest BCUT2D eigenvalue weighted by Crippen LogP contribution is -1.98. The van der Waals surface area contributed by atoms with E-state index in [0.29, 0.717) is 12.2 Å². The molecule has 0 saturated heterocycles. The largest absolute Gasteiger partial charge is 0.493 e. The zero-order valence-electron chi connectivity index (χ0n) is 13.2. The fourth-order valence-electron chi connectivity index (χ4n) is 2.44. The number of aromatic nitrogens is 1. The highest BCUT2D eigenvalue weighted by molar-refractivity contribution is 7.19. The topological polar surface area (TPSA) is 59.4 Å². The average Bonchev–Trinajstić information content (AvgIpc) is 3.00. The first-order valence-electron chi connectivity index (χ1n) is 7.67. The van der Waals surface area contributed by atoms with Gasteiger partial charge >= 0.3 is 5.97 Å². The summed E-state index contributed by atoms with van der Waals surface area (Å²) in [5.41, 5.74) is 2.41. The smallest absolute Gasteiger partial charge is 0.307 e. The van der Waals surface area contributed by atoms with E-state index in [4.69, 9.17) is 4.74 Å². The van der Waals surface area contributed by atoms with Crippen molar-refractivity contribution in [1.29, 1.82) is 0 Å². The van der Waals surface area contributed by atoms with E-state index in [-0.39, 0.29) is 6.42 Å². The monoisotopic (exact) mass is 339 g/mol. The number of carboxylic acid groups (broad SMARTS) is 1. The van der Waals surface area contributed by atoms with Crippen LogP contribution in [-0.4, -0.2) is 22.7 Å². The molecular formula is C19H17NO3S. The minimum Gasteiger partial charge on any atom is -0.493 e. The molecule has 122 valence electrons. The van der Waals surface area contributed by atoms with Gasteiger partial charge in [-0.1, -0.05) is 30.3 Å². The lowest BCUT2D eigenvalue weighted by Gasteiger charge is -2.08. The van der Waals surface area contributed by atoms with Crippen LogP contribution >= 0.6 is 11.3 Å². The van der Waals surface area contributed by atoms with Crippen molar-refractivity contribution < 1.29 is 14.6 Å². The highest BCUT2D eigenvalue weighted by atomic mass is 32.1. The van der Waals surface area contributed by atoms with Crippen LogP contribution in [0, 0.1) is 0 Å². The van der Waals surface area contributed by atoms with Crippen LogP contribution in [0.3, 0.4) is 0 Å². The summed E-state index contributed by atoms with van der Waals surface area (Å²) < 4.78 is 6.67. The second kappa shape index (κ2) is 7.27. The molecule has 0 spiro atoms. The van der Waals surface area contributed by atoms with Gasteiger partial charge in [-0.25, -0.2) is 4.98 Å². The number of thiazole rings is 1. The Hall–Kier alpha value is -2.66. The van der Waals surface area contributed by atoms with Crippen molar-refractivity contribution in [3.8, 4) is 5.75 Å². The molecule has 0 bridgehead atoms. The SMILES string of the molecule is CCOc1ccccc1C=C(CC(=O)O)c1nc2ccccc2s1. The second-order valence-corrected chi connectivity index (χ2v) is 6.23. The molecular weight excluding hydrogens is 322 g/mol. The predicted molar refractivity (Wildman–Crippen MR) is 97.4 cm³/mol. The third-order valence-corrected chi connectivity index (χ3v) is 4.57. The Morgan fingerprint density at radius 2 is 1.96 bits per heavy atom. The molecule has 0 amide bonds. The van der Waals surface area contributed by atoms with E-state index in [0.717, 1.165) is 26.5 Å². The molecule has 1 N–H and O–H groups in total. The second-order valence-electron chi connectivity index (χ2n) is 5.20. The predicted octanol–water partition coefficient (Wildman–Crippen LogP) is 4.71. The van der Waals surface area contributed by atoms with Gasteiger partial charge in [0.1, 0.15) is 10.8 Å². The highest BCUT2D eigenvalue weighted by Gasteiger charge is 2.13. The van der Waals surface area contributed by atoms with Gasteiger partial charge < -0.3 is 9.84 Å². The van der Waals surface area contributed by atoms with Gasteiger partial charge in [-0.3, -0.25) is 4.79 Å². The molecule has 3 rings (SSSR count). The number of rotatable bonds is 6. The van der Waals surface area contributed by atoms with E-state index in [1.165, 1.54) is 11.3 Å². The number of carbonyl (C=O) groups is 1. The summed E-state index contributed by atoms with van der Waals surface area (Å²) in [5, 5.41) is 10.0. The van der Waals surface area contributed by atoms with Gasteiger partial charge in [-0.05, 0) is 36.8 Å². The van der Waals surface area contributed by atoms with Crippen LogP contribution in [0.15, 0.2) is 48.5 Å². The normalized spacial score (nSPS) is 11.6. The third-order valence-electron chi connectivity index (χ3n) is 3.46. The van der Waals surface area contributed by atoms with Crippen molar-refractivity contribution in [1.82, 2.24) is 4.98 Å². The summed E-state index contributed by atoms with van der Waals surface area (Å²) in [6, 6.07) is 15.4. The first-order chi connectivity index (χ1) is 11.7. The average molecular weight is 339 g/mol. The molecule has 5 heteroatoms. The first kappa shape index (κ1) is 16.2. The molecule has 1 aromatic heterocycles. The van der Waals surface area contributed by atoms with Gasteiger partial charge in [0.05, 0.1) is 23.2 Å². The number of nitrogens with zero attached hydrogens (tertiary/aromatic N) is 1. The number of benzene rings is 2. The van der Waals surface area contributed by atoms with Gasteiger partial charge in [0.2, 0.25) is 0 Å². The summed E-state index contributed by atoms with van der Waals surface area (Å²) >= 11 is 1.50. The fraction of sp³-hybridized carbons (Fsp3) is 0.158. The summed E-state index contributed by atoms with van der Waals surface area (Å²) in [4.78, 5) is 15.9. The van der Waals surface area contributed by atoms with Crippen LogP contribution < -0.4 is 4.74 Å². The number of hydrogen-bond acceptors (Lipinski definition) is 4. The van der Waals surface area contributed by atoms with E-state index in [2.05, 4.69) is 4.98 Å². The van der Waals surface area contributed by atoms with Gasteiger partial charge in [0.15, 0.2) is 0 Å². The van der Waals surface area contributed by atoms with Gasteiger partial charge in [0.25, 0.3) is 0 Å². The standard InChI is InChI=1S/C19H17NO3S/c1-2-23-16-9-5-3-7-13(16)11-14(12-18(21)22)19-20-15-8-4-6-10-17(15)24-19/h3-11H,2,12H2,1H3,(H,21,22). The number of ether oxygens (including phenoxy) is 1. The van der Waals surface area contributed by atoms with Gasteiger partial charge in [-0.2, -0.15) is 0 Å². The van der Waals surface area contributed by atoms with Gasteiger partial charge in [0, 0.05) is 5.56 Å². The number of para-hydroxylation sites is 2. The molecule has 4 nitrogen and oxygen atoms in total. The number of carboxylic acids is 1. The van der Waals surface area contributed by atoms with Gasteiger partial charge in [-0.15, -0.1) is 11.3 Å². The lowest BCUT2D eigenvalue weighted by molar-refractivity contribution is -0.135. The minimum atomic E-state index is -0.880. The van der Waals surface area contributed by atoms with Crippen LogP contribution in [-0.2, 0) is 4.79 Å². The molecule has 3 aromatic rings. The van der Waals surface area contributed by atoms with Crippen LogP contribution in [0.1, 0.15) is 23.9 Å². The maximum absolute atomic E-state index is 11.3. The fourth-order valence-corrected chi connectivity index (χ4v) is 3.41. The Morgan fingerprint density at radius 3 is 2.71 bits per heavy atom. The number of aliphatic carboxylic acids is 1. The Kier molecular flexibility index (Phi) is 4.91. The summed E-state index contributed by atoms with van der Waals surface area (Å²) in [7, 11) is 0. The third kappa shape index (κ3) is 3.63. The molecule has 0 aliphatic rings. The summed E-state index contributed by atoms with van der Waals surface area (Å²) in [5.74, 6) is -0.140. The maximum Gasteiger partial charge on any atom is 0.307 e. The Morgan fingerprint density at radius 1 is 1.21 bits per heavy atom. The highest BCUT2D eigenvalue weighted by Crippen LogP contribution is 2.32. The summed E-state index contributed by atoms with van der Waals surface area (Å²) in [6.07, 6.45) is 1.77. The van der Waals surface area contributed by atoms with Crippen molar-refractivity contribution in [3.63, 3.8) is 0 Å². The zero-order valence-corrected chi connectivity index (χ0v) is 14.0. The minimum absolute atomic E-state index is 0.0831. The molecule has 0 fully saturated rings. The Bertz CT molecular complexity index is 865. The molecule has 0 saturated carbocycles. The van der Waals surface area contributed by atoms with E-state index >= 15 is 0 Å². The molecule has 0 radical (unpaired) electrons. The Balaban J connectivity index is 2.07. The number of fused-ring (bicyclic) bond motifs is 1.